The summed E-state index contributed by atoms with van der Waals surface area (Å²) in [6.07, 6.45) is 0.726. The van der Waals surface area contributed by atoms with E-state index < -0.39 is 23.8 Å². The normalized spacial score (nSPS) is 12.9. The van der Waals surface area contributed by atoms with Crippen molar-refractivity contribution in [2.75, 3.05) is 7.11 Å². The number of aryl methyl sites for hydroxylation is 1. The second kappa shape index (κ2) is 8.94. The van der Waals surface area contributed by atoms with Gasteiger partial charge in [0, 0.05) is 12.6 Å². The quantitative estimate of drug-likeness (QED) is 0.765. The summed E-state index contributed by atoms with van der Waals surface area (Å²) < 4.78 is 6.08. The van der Waals surface area contributed by atoms with Crippen LogP contribution in [-0.2, 0) is 16.1 Å². The van der Waals surface area contributed by atoms with Crippen LogP contribution in [0.1, 0.15) is 42.4 Å². The predicted molar refractivity (Wildman–Crippen MR) is 96.6 cm³/mol. The number of benzene rings is 1. The van der Waals surface area contributed by atoms with Crippen molar-refractivity contribution in [1.29, 1.82) is 0 Å². The van der Waals surface area contributed by atoms with E-state index in [1.165, 1.54) is 23.9 Å². The largest absolute Gasteiger partial charge is 0.469 e. The topological polar surface area (TPSA) is 90.3 Å². The SMILES string of the molecule is CCCn1nc(C(=O)N[C@H](c2ccccc2)[C@@H](C)C(=O)OC)ccc1=O. The zero-order valence-electron chi connectivity index (χ0n) is 15.1. The van der Waals surface area contributed by atoms with Crippen LogP contribution < -0.4 is 10.9 Å². The Morgan fingerprint density at radius 1 is 1.19 bits per heavy atom. The Morgan fingerprint density at radius 2 is 1.88 bits per heavy atom. The molecular weight excluding hydrogens is 334 g/mol. The van der Waals surface area contributed by atoms with E-state index in [1.807, 2.05) is 37.3 Å². The maximum atomic E-state index is 12.7. The highest BCUT2D eigenvalue weighted by molar-refractivity contribution is 5.92. The summed E-state index contributed by atoms with van der Waals surface area (Å²) >= 11 is 0. The number of nitrogens with zero attached hydrogens (tertiary/aromatic N) is 2. The molecular formula is C19H23N3O4. The van der Waals surface area contributed by atoms with Gasteiger partial charge in [0.2, 0.25) is 0 Å². The van der Waals surface area contributed by atoms with Gasteiger partial charge in [0.25, 0.3) is 11.5 Å². The molecule has 0 aliphatic carbocycles. The summed E-state index contributed by atoms with van der Waals surface area (Å²) in [5.41, 5.74) is 0.641. The monoisotopic (exact) mass is 357 g/mol. The summed E-state index contributed by atoms with van der Waals surface area (Å²) in [5, 5.41) is 6.94. The lowest BCUT2D eigenvalue weighted by atomic mass is 9.94. The van der Waals surface area contributed by atoms with Crippen LogP contribution in [0, 0.1) is 5.92 Å². The summed E-state index contributed by atoms with van der Waals surface area (Å²) in [6.45, 7) is 4.04. The molecule has 0 spiro atoms. The van der Waals surface area contributed by atoms with E-state index in [-0.39, 0.29) is 11.3 Å². The molecule has 7 nitrogen and oxygen atoms in total. The van der Waals surface area contributed by atoms with Gasteiger partial charge in [-0.15, -0.1) is 0 Å². The van der Waals surface area contributed by atoms with Crippen molar-refractivity contribution < 1.29 is 14.3 Å². The Bertz CT molecular complexity index is 817. The van der Waals surface area contributed by atoms with Gasteiger partial charge in [0.15, 0.2) is 0 Å². The molecule has 0 radical (unpaired) electrons. The van der Waals surface area contributed by atoms with Crippen LogP contribution in [0.3, 0.4) is 0 Å². The van der Waals surface area contributed by atoms with E-state index >= 15 is 0 Å². The van der Waals surface area contributed by atoms with Gasteiger partial charge in [-0.05, 0) is 25.0 Å². The maximum absolute atomic E-state index is 12.7. The van der Waals surface area contributed by atoms with Crippen molar-refractivity contribution in [2.24, 2.45) is 5.92 Å². The molecule has 1 aromatic carbocycles. The number of methoxy groups -OCH3 is 1. The lowest BCUT2D eigenvalue weighted by molar-refractivity contribution is -0.145. The fourth-order valence-electron chi connectivity index (χ4n) is 2.64. The smallest absolute Gasteiger partial charge is 0.310 e. The molecule has 0 saturated carbocycles. The number of ether oxygens (including phenoxy) is 1. The zero-order valence-corrected chi connectivity index (χ0v) is 15.1. The van der Waals surface area contributed by atoms with Crippen LogP contribution in [0.2, 0.25) is 0 Å². The molecule has 0 aliphatic rings. The molecule has 138 valence electrons. The standard InChI is InChI=1S/C19H23N3O4/c1-4-12-22-16(23)11-10-15(21-22)18(24)20-17(13(2)19(25)26-3)14-8-6-5-7-9-14/h5-11,13,17H,4,12H2,1-3H3,(H,20,24)/t13-,17+/m1/s1. The summed E-state index contributed by atoms with van der Waals surface area (Å²) in [5.74, 6) is -1.48. The first-order valence-corrected chi connectivity index (χ1v) is 8.49. The molecule has 1 N–H and O–H groups in total. The van der Waals surface area contributed by atoms with Crippen molar-refractivity contribution in [3.8, 4) is 0 Å². The lowest BCUT2D eigenvalue weighted by Crippen LogP contribution is -2.37. The van der Waals surface area contributed by atoms with E-state index in [4.69, 9.17) is 4.74 Å². The van der Waals surface area contributed by atoms with Crippen molar-refractivity contribution >= 4 is 11.9 Å². The van der Waals surface area contributed by atoms with Gasteiger partial charge in [0.1, 0.15) is 5.69 Å². The number of hydrogen-bond acceptors (Lipinski definition) is 5. The lowest BCUT2D eigenvalue weighted by Gasteiger charge is -2.24. The van der Waals surface area contributed by atoms with Gasteiger partial charge in [0.05, 0.1) is 19.1 Å². The third kappa shape index (κ3) is 4.56. The summed E-state index contributed by atoms with van der Waals surface area (Å²) in [4.78, 5) is 36.4. The van der Waals surface area contributed by atoms with Gasteiger partial charge in [-0.2, -0.15) is 5.10 Å². The number of aromatic nitrogens is 2. The Hall–Kier alpha value is -2.96. The summed E-state index contributed by atoms with van der Waals surface area (Å²) in [7, 11) is 1.31. The first kappa shape index (κ1) is 19.4. The van der Waals surface area contributed by atoms with Crippen LogP contribution in [0.25, 0.3) is 0 Å². The van der Waals surface area contributed by atoms with E-state index in [1.54, 1.807) is 6.92 Å². The van der Waals surface area contributed by atoms with Gasteiger partial charge in [-0.1, -0.05) is 37.3 Å². The average molecular weight is 357 g/mol. The number of carbonyl (C=O) groups is 2. The molecule has 0 aliphatic heterocycles. The molecule has 0 saturated heterocycles. The predicted octanol–water partition coefficient (Wildman–Crippen LogP) is 1.93. The number of carbonyl (C=O) groups excluding carboxylic acids is 2. The molecule has 2 rings (SSSR count). The van der Waals surface area contributed by atoms with Crippen LogP contribution in [0.5, 0.6) is 0 Å². The molecule has 1 amide bonds. The molecule has 0 unspecified atom stereocenters. The molecule has 1 aromatic heterocycles. The van der Waals surface area contributed by atoms with Gasteiger partial charge in [-0.25, -0.2) is 4.68 Å². The number of hydrogen-bond donors (Lipinski definition) is 1. The van der Waals surface area contributed by atoms with Crippen LogP contribution in [-0.4, -0.2) is 28.8 Å². The van der Waals surface area contributed by atoms with Crippen molar-refractivity contribution in [3.63, 3.8) is 0 Å². The summed E-state index contributed by atoms with van der Waals surface area (Å²) in [6, 6.07) is 11.3. The third-order valence-corrected chi connectivity index (χ3v) is 4.05. The van der Waals surface area contributed by atoms with E-state index in [0.717, 1.165) is 12.0 Å². The number of amides is 1. The van der Waals surface area contributed by atoms with E-state index in [0.29, 0.717) is 6.54 Å². The van der Waals surface area contributed by atoms with Crippen molar-refractivity contribution in [3.05, 3.63) is 64.1 Å². The Kier molecular flexibility index (Phi) is 6.66. The molecule has 1 heterocycles. The van der Waals surface area contributed by atoms with Crippen molar-refractivity contribution in [2.45, 2.75) is 32.9 Å². The number of nitrogens with one attached hydrogen (secondary N) is 1. The first-order valence-electron chi connectivity index (χ1n) is 8.49. The van der Waals surface area contributed by atoms with Crippen LogP contribution >= 0.6 is 0 Å². The number of esters is 1. The first-order chi connectivity index (χ1) is 12.5. The minimum atomic E-state index is -0.590. The minimum Gasteiger partial charge on any atom is -0.469 e. The third-order valence-electron chi connectivity index (χ3n) is 4.05. The average Bonchev–Trinajstić information content (AvgIpc) is 2.67. The highest BCUT2D eigenvalue weighted by Crippen LogP contribution is 2.23. The van der Waals surface area contributed by atoms with Crippen molar-refractivity contribution in [1.82, 2.24) is 15.1 Å². The molecule has 7 heteroatoms. The highest BCUT2D eigenvalue weighted by Gasteiger charge is 2.28. The van der Waals surface area contributed by atoms with Crippen LogP contribution in [0.4, 0.5) is 0 Å². The Morgan fingerprint density at radius 3 is 2.50 bits per heavy atom. The van der Waals surface area contributed by atoms with E-state index in [2.05, 4.69) is 10.4 Å². The van der Waals surface area contributed by atoms with Gasteiger partial charge < -0.3 is 10.1 Å². The van der Waals surface area contributed by atoms with Gasteiger partial charge >= 0.3 is 5.97 Å². The fraction of sp³-hybridized carbons (Fsp3) is 0.368. The molecule has 26 heavy (non-hydrogen) atoms. The highest BCUT2D eigenvalue weighted by atomic mass is 16.5. The molecule has 0 fully saturated rings. The van der Waals surface area contributed by atoms with Gasteiger partial charge in [-0.3, -0.25) is 14.4 Å². The van der Waals surface area contributed by atoms with E-state index in [9.17, 15) is 14.4 Å². The minimum absolute atomic E-state index is 0.121. The zero-order chi connectivity index (χ0) is 19.1. The second-order valence-electron chi connectivity index (χ2n) is 5.95. The second-order valence-corrected chi connectivity index (χ2v) is 5.95. The molecule has 0 bridgehead atoms. The molecule has 2 aromatic rings. The van der Waals surface area contributed by atoms with Crippen LogP contribution in [0.15, 0.2) is 47.3 Å². The fourth-order valence-corrected chi connectivity index (χ4v) is 2.64. The maximum Gasteiger partial charge on any atom is 0.310 e. The molecule has 2 atom stereocenters. The Balaban J connectivity index is 2.30. The Labute approximate surface area is 152 Å². The number of rotatable bonds is 7.